The van der Waals surface area contributed by atoms with Gasteiger partial charge in [-0.15, -0.1) is 10.2 Å². The number of nitrogens with one attached hydrogen (secondary N) is 2. The molecule has 0 spiro atoms. The topological polar surface area (TPSA) is 84.0 Å². The molecule has 2 N–H and O–H groups in total. The molecule has 4 aliphatic carbocycles. The lowest BCUT2D eigenvalue weighted by molar-refractivity contribution is -0.148. The third kappa shape index (κ3) is 3.26. The largest absolute Gasteiger partial charge is 0.351 e. The summed E-state index contributed by atoms with van der Waals surface area (Å²) in [5.74, 6) is 1.70. The number of hydrogen-bond donors (Lipinski definition) is 2. The van der Waals surface area contributed by atoms with E-state index >= 15 is 0 Å². The standard InChI is InChI=1S/C19H28N4O2S/c1-11(2)4-15-22-23-17(26-15)20-16(25)18-6-13-5-14(7-18)9-19(8-13,10-18)21-12(3)24/h11,13-14H,4-10H2,1-3H3,(H,21,24)(H,20,23,25)/t13-,14+,18?,19?. The van der Waals surface area contributed by atoms with Crippen molar-refractivity contribution in [1.82, 2.24) is 15.5 Å². The minimum atomic E-state index is -0.365. The summed E-state index contributed by atoms with van der Waals surface area (Å²) in [5.41, 5.74) is -0.548. The maximum Gasteiger partial charge on any atom is 0.232 e. The van der Waals surface area contributed by atoms with Crippen LogP contribution in [0.2, 0.25) is 0 Å². The highest BCUT2D eigenvalue weighted by Crippen LogP contribution is 2.61. The Labute approximate surface area is 158 Å². The van der Waals surface area contributed by atoms with Gasteiger partial charge >= 0.3 is 0 Å². The first-order valence-electron chi connectivity index (χ1n) is 9.70. The molecule has 4 atom stereocenters. The van der Waals surface area contributed by atoms with Crippen LogP contribution in [0.5, 0.6) is 0 Å². The molecule has 2 unspecified atom stereocenters. The summed E-state index contributed by atoms with van der Waals surface area (Å²) in [6.45, 7) is 5.88. The highest BCUT2D eigenvalue weighted by Gasteiger charge is 2.60. The molecular weight excluding hydrogens is 348 g/mol. The van der Waals surface area contributed by atoms with Crippen LogP contribution in [0.15, 0.2) is 0 Å². The van der Waals surface area contributed by atoms with Crippen LogP contribution < -0.4 is 10.6 Å². The fourth-order valence-electron chi connectivity index (χ4n) is 6.01. The predicted octanol–water partition coefficient (Wildman–Crippen LogP) is 3.15. The van der Waals surface area contributed by atoms with Crippen molar-refractivity contribution in [3.8, 4) is 0 Å². The molecule has 0 aliphatic heterocycles. The minimum absolute atomic E-state index is 0.0185. The molecule has 4 saturated carbocycles. The van der Waals surface area contributed by atoms with Crippen LogP contribution in [0.4, 0.5) is 5.13 Å². The summed E-state index contributed by atoms with van der Waals surface area (Å²) in [5, 5.41) is 16.2. The van der Waals surface area contributed by atoms with Crippen LogP contribution in [0.3, 0.4) is 0 Å². The van der Waals surface area contributed by atoms with E-state index < -0.39 is 0 Å². The summed E-state index contributed by atoms with van der Waals surface area (Å²) < 4.78 is 0. The number of rotatable bonds is 5. The van der Waals surface area contributed by atoms with Gasteiger partial charge in [0.15, 0.2) is 0 Å². The van der Waals surface area contributed by atoms with E-state index in [9.17, 15) is 9.59 Å². The number of anilines is 1. The number of carbonyl (C=O) groups excluding carboxylic acids is 2. The molecule has 1 aromatic rings. The van der Waals surface area contributed by atoms with Crippen LogP contribution in [0, 0.1) is 23.2 Å². The van der Waals surface area contributed by atoms with Crippen molar-refractivity contribution in [2.45, 2.75) is 71.3 Å². The molecule has 1 aromatic heterocycles. The number of aromatic nitrogens is 2. The molecule has 0 radical (unpaired) electrons. The Kier molecular flexibility index (Phi) is 4.33. The lowest BCUT2D eigenvalue weighted by atomic mass is 9.46. The van der Waals surface area contributed by atoms with Crippen molar-refractivity contribution < 1.29 is 9.59 Å². The van der Waals surface area contributed by atoms with Crippen LogP contribution in [0.25, 0.3) is 0 Å². The van der Waals surface area contributed by atoms with Gasteiger partial charge < -0.3 is 10.6 Å². The van der Waals surface area contributed by atoms with Gasteiger partial charge in [-0.3, -0.25) is 9.59 Å². The highest BCUT2D eigenvalue weighted by molar-refractivity contribution is 7.15. The summed E-state index contributed by atoms with van der Waals surface area (Å²) in [7, 11) is 0. The van der Waals surface area contributed by atoms with E-state index in [0.717, 1.165) is 43.5 Å². The Morgan fingerprint density at radius 2 is 1.88 bits per heavy atom. The summed E-state index contributed by atoms with van der Waals surface area (Å²) in [4.78, 5) is 25.0. The molecule has 4 bridgehead atoms. The van der Waals surface area contributed by atoms with E-state index in [1.165, 1.54) is 17.8 Å². The van der Waals surface area contributed by atoms with Gasteiger partial charge in [-0.1, -0.05) is 25.2 Å². The van der Waals surface area contributed by atoms with E-state index in [0.29, 0.717) is 22.9 Å². The quantitative estimate of drug-likeness (QED) is 0.827. The average Bonchev–Trinajstić information content (AvgIpc) is 2.90. The lowest BCUT2D eigenvalue weighted by Gasteiger charge is -2.61. The van der Waals surface area contributed by atoms with Gasteiger partial charge in [0.2, 0.25) is 16.9 Å². The van der Waals surface area contributed by atoms with Crippen molar-refractivity contribution in [3.05, 3.63) is 5.01 Å². The Morgan fingerprint density at radius 3 is 2.50 bits per heavy atom. The number of amides is 2. The van der Waals surface area contributed by atoms with Crippen molar-refractivity contribution in [1.29, 1.82) is 0 Å². The summed E-state index contributed by atoms with van der Waals surface area (Å²) in [6.07, 6.45) is 6.77. The molecule has 2 amide bonds. The molecule has 1 heterocycles. The molecule has 4 aliphatic rings. The smallest absolute Gasteiger partial charge is 0.232 e. The zero-order valence-electron chi connectivity index (χ0n) is 15.8. The molecule has 7 heteroatoms. The molecule has 0 aromatic carbocycles. The van der Waals surface area contributed by atoms with Crippen molar-refractivity contribution in [2.75, 3.05) is 5.32 Å². The van der Waals surface area contributed by atoms with Crippen LogP contribution in [-0.4, -0.2) is 27.6 Å². The lowest BCUT2D eigenvalue weighted by Crippen LogP contribution is -2.65. The third-order valence-corrected chi connectivity index (χ3v) is 7.12. The highest BCUT2D eigenvalue weighted by atomic mass is 32.1. The summed E-state index contributed by atoms with van der Waals surface area (Å²) in [6, 6.07) is 0. The van der Waals surface area contributed by atoms with E-state index in [-0.39, 0.29) is 22.8 Å². The molecule has 142 valence electrons. The van der Waals surface area contributed by atoms with E-state index in [4.69, 9.17) is 0 Å². The average molecular weight is 377 g/mol. The van der Waals surface area contributed by atoms with E-state index in [1.807, 2.05) is 0 Å². The van der Waals surface area contributed by atoms with Crippen LogP contribution >= 0.6 is 11.3 Å². The first kappa shape index (κ1) is 17.9. The van der Waals surface area contributed by atoms with E-state index in [1.54, 1.807) is 6.92 Å². The number of nitrogens with zero attached hydrogens (tertiary/aromatic N) is 2. The fourth-order valence-corrected chi connectivity index (χ4v) is 6.96. The molecule has 5 rings (SSSR count). The zero-order chi connectivity index (χ0) is 18.5. The van der Waals surface area contributed by atoms with Crippen molar-refractivity contribution >= 4 is 28.3 Å². The van der Waals surface area contributed by atoms with Gasteiger partial charge in [-0.25, -0.2) is 0 Å². The van der Waals surface area contributed by atoms with Crippen LogP contribution in [-0.2, 0) is 16.0 Å². The normalized spacial score (nSPS) is 34.9. The van der Waals surface area contributed by atoms with Gasteiger partial charge in [0.25, 0.3) is 0 Å². The second-order valence-electron chi connectivity index (χ2n) is 9.26. The molecule has 26 heavy (non-hydrogen) atoms. The molecule has 6 nitrogen and oxygen atoms in total. The van der Waals surface area contributed by atoms with Gasteiger partial charge in [-0.2, -0.15) is 0 Å². The van der Waals surface area contributed by atoms with Crippen molar-refractivity contribution in [2.24, 2.45) is 23.2 Å². The Balaban J connectivity index is 1.52. The first-order chi connectivity index (χ1) is 12.3. The maximum absolute atomic E-state index is 13.2. The second-order valence-corrected chi connectivity index (χ2v) is 10.3. The van der Waals surface area contributed by atoms with Gasteiger partial charge in [0, 0.05) is 18.9 Å². The van der Waals surface area contributed by atoms with Gasteiger partial charge in [0.1, 0.15) is 5.01 Å². The number of hydrogen-bond acceptors (Lipinski definition) is 5. The van der Waals surface area contributed by atoms with E-state index in [2.05, 4.69) is 34.7 Å². The third-order valence-electron chi connectivity index (χ3n) is 6.25. The molecule has 0 saturated heterocycles. The molecule has 4 fully saturated rings. The Hall–Kier alpha value is -1.50. The molecular formula is C19H28N4O2S. The van der Waals surface area contributed by atoms with Gasteiger partial charge in [-0.05, 0) is 56.3 Å². The predicted molar refractivity (Wildman–Crippen MR) is 101 cm³/mol. The Bertz CT molecular complexity index is 715. The van der Waals surface area contributed by atoms with Crippen molar-refractivity contribution in [3.63, 3.8) is 0 Å². The zero-order valence-corrected chi connectivity index (χ0v) is 16.6. The van der Waals surface area contributed by atoms with Gasteiger partial charge in [0.05, 0.1) is 5.41 Å². The fraction of sp³-hybridized carbons (Fsp3) is 0.789. The second kappa shape index (κ2) is 6.29. The summed E-state index contributed by atoms with van der Waals surface area (Å²) >= 11 is 1.48. The minimum Gasteiger partial charge on any atom is -0.351 e. The number of carbonyl (C=O) groups is 2. The maximum atomic E-state index is 13.2. The first-order valence-corrected chi connectivity index (χ1v) is 10.5. The SMILES string of the molecule is CC(=O)NC12C[C@H]3C[C@@H](C1)CC(C(=O)Nc1nnc(CC(C)C)s1)(C3)C2. The Morgan fingerprint density at radius 1 is 1.19 bits per heavy atom. The monoisotopic (exact) mass is 376 g/mol. The van der Waals surface area contributed by atoms with Crippen LogP contribution in [0.1, 0.15) is 64.3 Å².